The zero-order valence-corrected chi connectivity index (χ0v) is 29.2. The summed E-state index contributed by atoms with van der Waals surface area (Å²) in [6, 6.07) is 9.78. The van der Waals surface area contributed by atoms with Crippen molar-refractivity contribution in [3.05, 3.63) is 83.2 Å². The first-order valence-corrected chi connectivity index (χ1v) is 16.5. The summed E-state index contributed by atoms with van der Waals surface area (Å²) in [6.07, 6.45) is -0.219. The zero-order valence-electron chi connectivity index (χ0n) is 28.5. The van der Waals surface area contributed by atoms with Crippen molar-refractivity contribution in [2.24, 2.45) is 16.1 Å². The van der Waals surface area contributed by atoms with Crippen LogP contribution < -0.4 is 5.73 Å². The van der Waals surface area contributed by atoms with Crippen LogP contribution in [0.25, 0.3) is 16.8 Å². The monoisotopic (exact) mass is 747 g/mol. The Morgan fingerprint density at radius 2 is 1.75 bits per heavy atom. The molecule has 52 heavy (non-hydrogen) atoms. The quantitative estimate of drug-likeness (QED) is 0.176. The van der Waals surface area contributed by atoms with Gasteiger partial charge in [0, 0.05) is 11.8 Å². The van der Waals surface area contributed by atoms with Crippen molar-refractivity contribution >= 4 is 29.6 Å². The number of hydrogen-bond donors (Lipinski definition) is 1. The molecule has 0 saturated carbocycles. The fourth-order valence-electron chi connectivity index (χ4n) is 6.53. The molecule has 2 aliphatic rings. The van der Waals surface area contributed by atoms with Crippen molar-refractivity contribution in [1.29, 1.82) is 0 Å². The Hall–Kier alpha value is -5.06. The maximum absolute atomic E-state index is 14.9. The fourth-order valence-corrected chi connectivity index (χ4v) is 6.73. The molecule has 2 aromatic heterocycles. The van der Waals surface area contributed by atoms with Crippen LogP contribution in [0.15, 0.2) is 66.2 Å². The number of nitrogens with zero attached hydrogens (tertiary/aromatic N) is 8. The maximum Gasteiger partial charge on any atom is 0.410 e. The lowest BCUT2D eigenvalue weighted by atomic mass is 9.75. The third-order valence-electron chi connectivity index (χ3n) is 8.74. The molecular weight excluding hydrogens is 713 g/mol. The highest BCUT2D eigenvalue weighted by Crippen LogP contribution is 2.45. The van der Waals surface area contributed by atoms with Gasteiger partial charge in [0.25, 0.3) is 12.3 Å². The van der Waals surface area contributed by atoms with Crippen molar-refractivity contribution in [3.63, 3.8) is 0 Å². The second-order valence-electron chi connectivity index (χ2n) is 14.2. The molecular formula is C34H35ClF5N9O3. The highest BCUT2D eigenvalue weighted by Gasteiger charge is 2.53. The lowest BCUT2D eigenvalue weighted by molar-refractivity contribution is -0.135. The number of hydrogen-bond acceptors (Lipinski definition) is 8. The Balaban J connectivity index is 1.40. The third kappa shape index (κ3) is 7.05. The van der Waals surface area contributed by atoms with E-state index in [1.54, 1.807) is 24.3 Å². The van der Waals surface area contributed by atoms with E-state index in [1.165, 1.54) is 42.4 Å². The van der Waals surface area contributed by atoms with Crippen LogP contribution in [0.5, 0.6) is 0 Å². The van der Waals surface area contributed by atoms with Gasteiger partial charge in [-0.1, -0.05) is 62.7 Å². The summed E-state index contributed by atoms with van der Waals surface area (Å²) >= 11 is 6.45. The summed E-state index contributed by atoms with van der Waals surface area (Å²) in [7, 11) is 0. The molecule has 18 heteroatoms. The maximum atomic E-state index is 14.9. The van der Waals surface area contributed by atoms with E-state index in [0.29, 0.717) is 21.4 Å². The molecule has 4 heterocycles. The van der Waals surface area contributed by atoms with E-state index < -0.39 is 60.1 Å². The van der Waals surface area contributed by atoms with Crippen LogP contribution in [0, 0.1) is 5.41 Å². The van der Waals surface area contributed by atoms with Gasteiger partial charge in [-0.3, -0.25) is 9.69 Å². The highest BCUT2D eigenvalue weighted by molar-refractivity contribution is 6.32. The number of likely N-dealkylation sites (tertiary alicyclic amines) is 1. The lowest BCUT2D eigenvalue weighted by Gasteiger charge is -2.41. The lowest BCUT2D eigenvalue weighted by Crippen LogP contribution is -2.59. The second kappa shape index (κ2) is 13.5. The molecule has 4 aromatic rings. The van der Waals surface area contributed by atoms with Gasteiger partial charge >= 0.3 is 12.6 Å². The van der Waals surface area contributed by atoms with E-state index in [4.69, 9.17) is 27.1 Å². The number of alkyl halides is 5. The largest absolute Gasteiger partial charge is 0.447 e. The summed E-state index contributed by atoms with van der Waals surface area (Å²) in [5.74, 6) is -1.48. The normalized spacial score (nSPS) is 19.3. The van der Waals surface area contributed by atoms with Gasteiger partial charge in [0.05, 0.1) is 36.0 Å². The number of benzene rings is 2. The number of aliphatic imine (C=N–C) groups is 1. The number of ether oxygens (including phenoxy) is 1. The number of amides is 2. The van der Waals surface area contributed by atoms with Crippen LogP contribution in [-0.4, -0.2) is 77.7 Å². The molecule has 2 aliphatic heterocycles. The summed E-state index contributed by atoms with van der Waals surface area (Å²) in [5.41, 5.74) is 4.63. The van der Waals surface area contributed by atoms with Gasteiger partial charge in [-0.05, 0) is 47.6 Å². The number of guanidine groups is 1. The van der Waals surface area contributed by atoms with Gasteiger partial charge < -0.3 is 15.4 Å². The van der Waals surface area contributed by atoms with Gasteiger partial charge in [0.15, 0.2) is 17.3 Å². The van der Waals surface area contributed by atoms with Gasteiger partial charge in [-0.15, -0.1) is 0 Å². The number of nitrogens with two attached hydrogens (primary N) is 1. The van der Waals surface area contributed by atoms with Crippen LogP contribution in [0.4, 0.5) is 26.7 Å². The highest BCUT2D eigenvalue weighted by atomic mass is 35.5. The first kappa shape index (κ1) is 36.7. The van der Waals surface area contributed by atoms with E-state index in [-0.39, 0.29) is 41.7 Å². The van der Waals surface area contributed by atoms with Crippen molar-refractivity contribution in [1.82, 2.24) is 34.3 Å². The van der Waals surface area contributed by atoms with E-state index in [0.717, 1.165) is 15.9 Å². The minimum atomic E-state index is -3.00. The smallest absolute Gasteiger partial charge is 0.410 e. The number of carbonyl (C=O) groups excluding carboxylic acids is 2. The third-order valence-corrected chi connectivity index (χ3v) is 9.06. The average molecular weight is 748 g/mol. The van der Waals surface area contributed by atoms with Crippen LogP contribution in [0.1, 0.15) is 70.1 Å². The predicted octanol–water partition coefficient (Wildman–Crippen LogP) is 6.83. The first-order valence-electron chi connectivity index (χ1n) is 16.1. The molecule has 12 nitrogen and oxygen atoms in total. The SMILES string of the molecule is CC(C)(C)C[C@]1(c2ccc(-c3cnn(C(F)F)c3)cc2)N=C(N)N([C@H](COC(=O)N2CC(C)(F)C2)c2ccc(Cl)c(-n3ncnc3C(F)F)c2)C1=O. The molecule has 276 valence electrons. The molecule has 2 aromatic carbocycles. The minimum absolute atomic E-state index is 0.00750. The Morgan fingerprint density at radius 3 is 2.35 bits per heavy atom. The summed E-state index contributed by atoms with van der Waals surface area (Å²) in [6.45, 7) is 3.41. The van der Waals surface area contributed by atoms with Crippen molar-refractivity contribution in [2.45, 2.75) is 64.3 Å². The van der Waals surface area contributed by atoms with E-state index >= 15 is 0 Å². The number of aromatic nitrogens is 5. The molecule has 6 rings (SSSR count). The first-order chi connectivity index (χ1) is 24.4. The van der Waals surface area contributed by atoms with Gasteiger partial charge in [-0.2, -0.15) is 19.0 Å². The standard InChI is InChI=1S/C34H35ClF5N9O3/c1-32(2,3)15-34(22-8-5-19(6-9-22)21-12-43-47(13-21)29(38)39)28(50)48(30(41)45-34)25(14-52-31(51)46-16-33(4,40)17-46)20-7-10-23(35)24(11-20)49-27(26(36)37)42-18-44-49/h5-13,18,25-26,29H,14-17H2,1-4H3,(H2,41,45)/t25-,34-/m1/s1. The summed E-state index contributed by atoms with van der Waals surface area (Å²) in [4.78, 5) is 38.6. The molecule has 0 unspecified atom stereocenters. The number of rotatable bonds is 10. The van der Waals surface area contributed by atoms with Gasteiger partial charge in [0.2, 0.25) is 0 Å². The molecule has 0 aliphatic carbocycles. The van der Waals surface area contributed by atoms with Crippen molar-refractivity contribution in [2.75, 3.05) is 19.7 Å². The molecule has 2 atom stereocenters. The molecule has 0 spiro atoms. The Morgan fingerprint density at radius 1 is 1.06 bits per heavy atom. The van der Waals surface area contributed by atoms with Crippen LogP contribution >= 0.6 is 11.6 Å². The van der Waals surface area contributed by atoms with Crippen LogP contribution in [-0.2, 0) is 15.1 Å². The molecule has 1 fully saturated rings. The molecule has 0 radical (unpaired) electrons. The Labute approximate surface area is 300 Å². The van der Waals surface area contributed by atoms with Gasteiger partial charge in [-0.25, -0.2) is 37.3 Å². The van der Waals surface area contributed by atoms with Crippen molar-refractivity contribution < 1.29 is 36.3 Å². The van der Waals surface area contributed by atoms with Gasteiger partial charge in [0.1, 0.15) is 18.6 Å². The number of carbonyl (C=O) groups is 2. The number of halogens is 6. The van der Waals surface area contributed by atoms with Crippen molar-refractivity contribution in [3.8, 4) is 16.8 Å². The molecule has 1 saturated heterocycles. The Kier molecular flexibility index (Phi) is 9.52. The van der Waals surface area contributed by atoms with Crippen LogP contribution in [0.2, 0.25) is 5.02 Å². The minimum Gasteiger partial charge on any atom is -0.447 e. The average Bonchev–Trinajstić information content (AvgIpc) is 3.80. The van der Waals surface area contributed by atoms with E-state index in [9.17, 15) is 31.5 Å². The van der Waals surface area contributed by atoms with Crippen LogP contribution in [0.3, 0.4) is 0 Å². The molecule has 2 amide bonds. The zero-order chi connectivity index (χ0) is 37.7. The van der Waals surface area contributed by atoms with E-state index in [2.05, 4.69) is 15.2 Å². The molecule has 2 N–H and O–H groups in total. The van der Waals surface area contributed by atoms with E-state index in [1.807, 2.05) is 20.8 Å². The molecule has 0 bridgehead atoms. The summed E-state index contributed by atoms with van der Waals surface area (Å²) < 4.78 is 75.2. The summed E-state index contributed by atoms with van der Waals surface area (Å²) in [5, 5.41) is 7.63. The second-order valence-corrected chi connectivity index (χ2v) is 14.6. The Bertz CT molecular complexity index is 2000. The topological polar surface area (TPSA) is 137 Å². The predicted molar refractivity (Wildman–Crippen MR) is 180 cm³/mol. The fraction of sp³-hybridized carbons (Fsp3) is 0.412.